The molecule has 0 atom stereocenters. The van der Waals surface area contributed by atoms with Crippen molar-refractivity contribution in [2.75, 3.05) is 0 Å². The van der Waals surface area contributed by atoms with Crippen molar-refractivity contribution >= 4 is 5.97 Å². The van der Waals surface area contributed by atoms with Gasteiger partial charge in [-0.3, -0.25) is 4.68 Å². The van der Waals surface area contributed by atoms with Gasteiger partial charge in [0.1, 0.15) is 17.0 Å². The van der Waals surface area contributed by atoms with Gasteiger partial charge in [0, 0.05) is 14.1 Å². The van der Waals surface area contributed by atoms with Crippen molar-refractivity contribution in [3.05, 3.63) is 18.0 Å². The summed E-state index contributed by atoms with van der Waals surface area (Å²) in [6, 6.07) is 0. The lowest BCUT2D eigenvalue weighted by molar-refractivity contribution is 0.0697. The third-order valence-electron chi connectivity index (χ3n) is 2.13. The molecule has 0 saturated carbocycles. The lowest BCUT2D eigenvalue weighted by Gasteiger charge is -2.02. The third-order valence-corrected chi connectivity index (χ3v) is 2.13. The number of hydrogen-bond acceptors (Lipinski definition) is 4. The molecule has 7 nitrogen and oxygen atoms in total. The molecule has 0 amide bonds. The monoisotopic (exact) mass is 207 g/mol. The lowest BCUT2D eigenvalue weighted by Crippen LogP contribution is -2.04. The van der Waals surface area contributed by atoms with E-state index in [2.05, 4.69) is 15.4 Å². The summed E-state index contributed by atoms with van der Waals surface area (Å²) in [4.78, 5) is 10.9. The Kier molecular flexibility index (Phi) is 2.00. The molecule has 0 unspecified atom stereocenters. The van der Waals surface area contributed by atoms with Crippen LogP contribution in [0.1, 0.15) is 10.4 Å². The zero-order valence-corrected chi connectivity index (χ0v) is 8.25. The molecule has 0 spiro atoms. The fourth-order valence-corrected chi connectivity index (χ4v) is 1.40. The van der Waals surface area contributed by atoms with Crippen molar-refractivity contribution in [2.24, 2.45) is 14.1 Å². The first kappa shape index (κ1) is 9.38. The van der Waals surface area contributed by atoms with Crippen molar-refractivity contribution in [3.8, 4) is 11.4 Å². The summed E-state index contributed by atoms with van der Waals surface area (Å²) in [6.07, 6.45) is 2.81. The van der Waals surface area contributed by atoms with Crippen LogP contribution in [0.15, 0.2) is 12.4 Å². The number of aromatic nitrogens is 5. The van der Waals surface area contributed by atoms with E-state index in [1.165, 1.54) is 21.8 Å². The zero-order valence-electron chi connectivity index (χ0n) is 8.25. The van der Waals surface area contributed by atoms with Gasteiger partial charge in [-0.2, -0.15) is 5.10 Å². The highest BCUT2D eigenvalue weighted by Gasteiger charge is 2.19. The topological polar surface area (TPSA) is 85.8 Å². The normalized spacial score (nSPS) is 10.5. The van der Waals surface area contributed by atoms with Crippen LogP contribution in [0.3, 0.4) is 0 Å². The fraction of sp³-hybridized carbons (Fsp3) is 0.250. The molecule has 0 aliphatic rings. The van der Waals surface area contributed by atoms with Gasteiger partial charge in [0.2, 0.25) is 0 Å². The van der Waals surface area contributed by atoms with Gasteiger partial charge in [0.25, 0.3) is 0 Å². The number of carboxylic acid groups (broad SMARTS) is 1. The Morgan fingerprint density at radius 3 is 2.60 bits per heavy atom. The van der Waals surface area contributed by atoms with Gasteiger partial charge in [-0.1, -0.05) is 5.21 Å². The van der Waals surface area contributed by atoms with Gasteiger partial charge in [-0.05, 0) is 0 Å². The van der Waals surface area contributed by atoms with E-state index >= 15 is 0 Å². The van der Waals surface area contributed by atoms with Crippen LogP contribution in [-0.4, -0.2) is 35.9 Å². The standard InChI is InChI=1S/C8H9N5O2/c1-12-6(4-9-11-12)7-5(8(14)15)3-10-13(7)2/h3-4H,1-2H3,(H,14,15). The Labute approximate surface area is 84.9 Å². The summed E-state index contributed by atoms with van der Waals surface area (Å²) < 4.78 is 2.99. The molecule has 2 aromatic rings. The van der Waals surface area contributed by atoms with Crippen LogP contribution in [0.4, 0.5) is 0 Å². The maximum absolute atomic E-state index is 10.9. The SMILES string of the molecule is Cn1nncc1-c1c(C(=O)O)cnn1C. The third kappa shape index (κ3) is 1.37. The van der Waals surface area contributed by atoms with Gasteiger partial charge in [0.15, 0.2) is 0 Å². The van der Waals surface area contributed by atoms with Crippen LogP contribution in [0.2, 0.25) is 0 Å². The molecule has 2 aromatic heterocycles. The number of rotatable bonds is 2. The van der Waals surface area contributed by atoms with Crippen molar-refractivity contribution < 1.29 is 9.90 Å². The summed E-state index contributed by atoms with van der Waals surface area (Å²) in [6.45, 7) is 0. The first-order valence-electron chi connectivity index (χ1n) is 4.21. The van der Waals surface area contributed by atoms with E-state index in [1.807, 2.05) is 0 Å². The first-order chi connectivity index (χ1) is 7.11. The molecule has 0 bridgehead atoms. The van der Waals surface area contributed by atoms with E-state index in [0.717, 1.165) is 0 Å². The van der Waals surface area contributed by atoms with Crippen molar-refractivity contribution in [1.82, 2.24) is 24.8 Å². The fourth-order valence-electron chi connectivity index (χ4n) is 1.40. The minimum Gasteiger partial charge on any atom is -0.478 e. The first-order valence-corrected chi connectivity index (χ1v) is 4.21. The molecule has 78 valence electrons. The summed E-state index contributed by atoms with van der Waals surface area (Å²) in [5.74, 6) is -1.01. The second-order valence-electron chi connectivity index (χ2n) is 3.08. The van der Waals surface area contributed by atoms with Crippen LogP contribution < -0.4 is 0 Å². The molecule has 0 radical (unpaired) electrons. The molecule has 0 aromatic carbocycles. The largest absolute Gasteiger partial charge is 0.478 e. The number of carbonyl (C=O) groups is 1. The average molecular weight is 207 g/mol. The summed E-state index contributed by atoms with van der Waals surface area (Å²) >= 11 is 0. The summed E-state index contributed by atoms with van der Waals surface area (Å²) in [5, 5.41) is 20.3. The maximum Gasteiger partial charge on any atom is 0.339 e. The predicted molar refractivity (Wildman–Crippen MR) is 50.2 cm³/mol. The van der Waals surface area contributed by atoms with Gasteiger partial charge >= 0.3 is 5.97 Å². The van der Waals surface area contributed by atoms with E-state index in [1.54, 1.807) is 14.1 Å². The van der Waals surface area contributed by atoms with E-state index in [-0.39, 0.29) is 5.56 Å². The van der Waals surface area contributed by atoms with E-state index < -0.39 is 5.97 Å². The van der Waals surface area contributed by atoms with Gasteiger partial charge in [0.05, 0.1) is 12.4 Å². The predicted octanol–water partition coefficient (Wildman–Crippen LogP) is -0.0862. The average Bonchev–Trinajstić information content (AvgIpc) is 2.71. The highest BCUT2D eigenvalue weighted by molar-refractivity contribution is 5.94. The van der Waals surface area contributed by atoms with Crippen LogP contribution in [0.5, 0.6) is 0 Å². The van der Waals surface area contributed by atoms with Gasteiger partial charge in [-0.15, -0.1) is 5.10 Å². The molecule has 2 heterocycles. The maximum atomic E-state index is 10.9. The van der Waals surface area contributed by atoms with Crippen molar-refractivity contribution in [1.29, 1.82) is 0 Å². The second kappa shape index (κ2) is 3.19. The Morgan fingerprint density at radius 2 is 2.07 bits per heavy atom. The van der Waals surface area contributed by atoms with E-state index in [9.17, 15) is 4.79 Å². The number of hydrogen-bond donors (Lipinski definition) is 1. The zero-order chi connectivity index (χ0) is 11.0. The van der Waals surface area contributed by atoms with Crippen LogP contribution in [0, 0.1) is 0 Å². The van der Waals surface area contributed by atoms with Crippen molar-refractivity contribution in [3.63, 3.8) is 0 Å². The van der Waals surface area contributed by atoms with Gasteiger partial charge in [-0.25, -0.2) is 9.48 Å². The molecule has 0 saturated heterocycles. The molecular weight excluding hydrogens is 198 g/mol. The second-order valence-corrected chi connectivity index (χ2v) is 3.08. The van der Waals surface area contributed by atoms with Crippen LogP contribution >= 0.6 is 0 Å². The Bertz CT molecular complexity index is 513. The smallest absolute Gasteiger partial charge is 0.339 e. The summed E-state index contributed by atoms with van der Waals surface area (Å²) in [5.41, 5.74) is 1.25. The highest BCUT2D eigenvalue weighted by Crippen LogP contribution is 2.21. The molecular formula is C8H9N5O2. The number of aryl methyl sites for hydroxylation is 2. The number of carboxylic acids is 1. The molecule has 7 heteroatoms. The molecule has 0 fully saturated rings. The molecule has 2 rings (SSSR count). The lowest BCUT2D eigenvalue weighted by atomic mass is 10.2. The molecule has 15 heavy (non-hydrogen) atoms. The minimum atomic E-state index is -1.01. The molecule has 0 aliphatic carbocycles. The van der Waals surface area contributed by atoms with E-state index in [0.29, 0.717) is 11.4 Å². The molecule has 0 aliphatic heterocycles. The molecule has 1 N–H and O–H groups in total. The number of aromatic carboxylic acids is 1. The Balaban J connectivity index is 2.66. The van der Waals surface area contributed by atoms with Gasteiger partial charge < -0.3 is 5.11 Å². The Hall–Kier alpha value is -2.18. The van der Waals surface area contributed by atoms with Crippen molar-refractivity contribution in [2.45, 2.75) is 0 Å². The quantitative estimate of drug-likeness (QED) is 0.744. The minimum absolute atomic E-state index is 0.142. The number of nitrogens with zero attached hydrogens (tertiary/aromatic N) is 5. The van der Waals surface area contributed by atoms with Crippen LogP contribution in [-0.2, 0) is 14.1 Å². The highest BCUT2D eigenvalue weighted by atomic mass is 16.4. The van der Waals surface area contributed by atoms with Crippen LogP contribution in [0.25, 0.3) is 11.4 Å². The Morgan fingerprint density at radius 1 is 1.33 bits per heavy atom. The van der Waals surface area contributed by atoms with E-state index in [4.69, 9.17) is 5.11 Å². The summed E-state index contributed by atoms with van der Waals surface area (Å²) in [7, 11) is 3.37.